The number of fused-ring (bicyclic) bond motifs is 1. The normalized spacial score (nSPS) is 22.6. The highest BCUT2D eigenvalue weighted by molar-refractivity contribution is 7.99. The summed E-state index contributed by atoms with van der Waals surface area (Å²) in [5.74, 6) is 2.45. The number of thioether (sulfide) groups is 1. The van der Waals surface area contributed by atoms with Crippen molar-refractivity contribution in [3.8, 4) is 0 Å². The van der Waals surface area contributed by atoms with Crippen LogP contribution in [-0.4, -0.2) is 64.5 Å². The van der Waals surface area contributed by atoms with Crippen LogP contribution in [0.25, 0.3) is 0 Å². The predicted octanol–water partition coefficient (Wildman–Crippen LogP) is 2.22. The Morgan fingerprint density at radius 2 is 2.17 bits per heavy atom. The van der Waals surface area contributed by atoms with Gasteiger partial charge in [0.2, 0.25) is 5.95 Å². The number of hydrogen-bond acceptors (Lipinski definition) is 10. The lowest BCUT2D eigenvalue weighted by atomic mass is 9.64. The summed E-state index contributed by atoms with van der Waals surface area (Å²) in [6.07, 6.45) is 4.71. The summed E-state index contributed by atoms with van der Waals surface area (Å²) < 4.78 is 14.9. The fraction of sp³-hybridized carbons (Fsp3) is 0.579. The molecule has 0 atom stereocenters. The van der Waals surface area contributed by atoms with Crippen LogP contribution in [0.3, 0.4) is 0 Å². The number of carbonyl (C=O) groups excluding carboxylic acids is 1. The minimum absolute atomic E-state index is 0.129. The van der Waals surface area contributed by atoms with E-state index in [-0.39, 0.29) is 12.1 Å². The second kappa shape index (κ2) is 6.82. The Kier molecular flexibility index (Phi) is 4.21. The molecule has 0 unspecified atom stereocenters. The largest absolute Gasteiger partial charge is 0.455 e. The molecular formula is C19H21N5O3S2. The molecule has 0 bridgehead atoms. The van der Waals surface area contributed by atoms with Gasteiger partial charge >= 0.3 is 5.97 Å². The summed E-state index contributed by atoms with van der Waals surface area (Å²) in [7, 11) is 0. The summed E-state index contributed by atoms with van der Waals surface area (Å²) in [6.45, 7) is 3.06. The van der Waals surface area contributed by atoms with Gasteiger partial charge in [0.15, 0.2) is 0 Å². The van der Waals surface area contributed by atoms with Gasteiger partial charge in [-0.05, 0) is 24.4 Å². The SMILES string of the molecule is O=C(OC1CN(c2nc3c(c(NC4CC5(COC5)C4)n2)SCC3)C1)c1cnsc1. The van der Waals surface area contributed by atoms with E-state index in [2.05, 4.69) is 14.6 Å². The molecule has 152 valence electrons. The quantitative estimate of drug-likeness (QED) is 0.716. The highest BCUT2D eigenvalue weighted by Gasteiger charge is 2.50. The average molecular weight is 432 g/mol. The zero-order valence-electron chi connectivity index (χ0n) is 15.8. The highest BCUT2D eigenvalue weighted by Crippen LogP contribution is 2.48. The Morgan fingerprint density at radius 1 is 1.31 bits per heavy atom. The molecule has 3 aliphatic heterocycles. The minimum atomic E-state index is -0.309. The monoisotopic (exact) mass is 431 g/mol. The van der Waals surface area contributed by atoms with Crippen molar-refractivity contribution >= 4 is 41.0 Å². The van der Waals surface area contributed by atoms with Crippen LogP contribution < -0.4 is 10.2 Å². The second-order valence-corrected chi connectivity index (χ2v) is 10.1. The molecule has 2 saturated heterocycles. The average Bonchev–Trinajstić information content (AvgIpc) is 3.29. The summed E-state index contributed by atoms with van der Waals surface area (Å²) in [4.78, 5) is 25.0. The number of aromatic nitrogens is 3. The van der Waals surface area contributed by atoms with E-state index in [4.69, 9.17) is 19.4 Å². The van der Waals surface area contributed by atoms with E-state index in [1.54, 1.807) is 11.6 Å². The van der Waals surface area contributed by atoms with E-state index in [1.165, 1.54) is 16.4 Å². The number of hydrogen-bond donors (Lipinski definition) is 1. The third-order valence-electron chi connectivity index (χ3n) is 6.10. The maximum Gasteiger partial charge on any atom is 0.341 e. The van der Waals surface area contributed by atoms with Crippen molar-refractivity contribution in [1.29, 1.82) is 0 Å². The molecule has 10 heteroatoms. The first-order chi connectivity index (χ1) is 14.2. The van der Waals surface area contributed by atoms with Gasteiger partial charge in [-0.1, -0.05) is 0 Å². The Balaban J connectivity index is 1.12. The van der Waals surface area contributed by atoms with Gasteiger partial charge in [-0.3, -0.25) is 0 Å². The summed E-state index contributed by atoms with van der Waals surface area (Å²) >= 11 is 3.09. The van der Waals surface area contributed by atoms with Gasteiger partial charge in [0.25, 0.3) is 0 Å². The van der Waals surface area contributed by atoms with Crippen LogP contribution in [-0.2, 0) is 15.9 Å². The van der Waals surface area contributed by atoms with Crippen molar-refractivity contribution in [2.75, 3.05) is 42.3 Å². The van der Waals surface area contributed by atoms with Gasteiger partial charge in [-0.25, -0.2) is 14.2 Å². The summed E-state index contributed by atoms with van der Waals surface area (Å²) in [5.41, 5.74) is 2.07. The Bertz CT molecular complexity index is 936. The molecule has 8 nitrogen and oxygen atoms in total. The molecule has 5 heterocycles. The van der Waals surface area contributed by atoms with E-state index in [0.717, 1.165) is 55.7 Å². The lowest BCUT2D eigenvalue weighted by Crippen LogP contribution is -2.56. The van der Waals surface area contributed by atoms with Crippen molar-refractivity contribution < 1.29 is 14.3 Å². The second-order valence-electron chi connectivity index (χ2n) is 8.33. The smallest absolute Gasteiger partial charge is 0.341 e. The zero-order valence-corrected chi connectivity index (χ0v) is 17.4. The van der Waals surface area contributed by atoms with Gasteiger partial charge in [-0.15, -0.1) is 11.8 Å². The summed E-state index contributed by atoms with van der Waals surface area (Å²) in [5, 5.41) is 5.37. The molecule has 1 saturated carbocycles. The molecule has 2 aromatic rings. The van der Waals surface area contributed by atoms with E-state index in [9.17, 15) is 4.79 Å². The number of esters is 1. The van der Waals surface area contributed by atoms with Crippen LogP contribution in [0.4, 0.5) is 11.8 Å². The number of nitrogens with one attached hydrogen (secondary N) is 1. The van der Waals surface area contributed by atoms with Crippen LogP contribution in [0, 0.1) is 5.41 Å². The van der Waals surface area contributed by atoms with Crippen LogP contribution in [0.2, 0.25) is 0 Å². The summed E-state index contributed by atoms with van der Waals surface area (Å²) in [6, 6.07) is 0.469. The number of aryl methyl sites for hydroxylation is 1. The highest BCUT2D eigenvalue weighted by atomic mass is 32.2. The first-order valence-corrected chi connectivity index (χ1v) is 11.7. The first-order valence-electron chi connectivity index (χ1n) is 9.91. The van der Waals surface area contributed by atoms with E-state index < -0.39 is 0 Å². The number of carbonyl (C=O) groups is 1. The van der Waals surface area contributed by atoms with Crippen molar-refractivity contribution in [1.82, 2.24) is 14.3 Å². The maximum absolute atomic E-state index is 12.1. The lowest BCUT2D eigenvalue weighted by Gasteiger charge is -2.53. The number of anilines is 2. The molecule has 3 fully saturated rings. The molecule has 1 aliphatic carbocycles. The van der Waals surface area contributed by atoms with Crippen molar-refractivity contribution in [3.63, 3.8) is 0 Å². The first kappa shape index (κ1) is 17.9. The van der Waals surface area contributed by atoms with E-state index >= 15 is 0 Å². The van der Waals surface area contributed by atoms with E-state index in [0.29, 0.717) is 30.1 Å². The molecule has 1 N–H and O–H groups in total. The molecule has 0 aromatic carbocycles. The number of rotatable bonds is 5. The fourth-order valence-corrected chi connectivity index (χ4v) is 5.96. The molecule has 4 aliphatic rings. The van der Waals surface area contributed by atoms with Crippen LogP contribution in [0.1, 0.15) is 28.9 Å². The molecule has 0 amide bonds. The van der Waals surface area contributed by atoms with Crippen molar-refractivity contribution in [2.45, 2.75) is 36.3 Å². The fourth-order valence-electron chi connectivity index (χ4n) is 4.40. The molecule has 0 radical (unpaired) electrons. The van der Waals surface area contributed by atoms with Gasteiger partial charge in [0, 0.05) is 29.0 Å². The number of ether oxygens (including phenoxy) is 2. The lowest BCUT2D eigenvalue weighted by molar-refractivity contribution is -0.159. The third-order valence-corrected chi connectivity index (χ3v) is 7.81. The Labute approximate surface area is 176 Å². The van der Waals surface area contributed by atoms with Gasteiger partial charge in [0.1, 0.15) is 11.9 Å². The van der Waals surface area contributed by atoms with Crippen molar-refractivity contribution in [3.05, 3.63) is 22.8 Å². The standard InChI is InChI=1S/C19H21N5O3S2/c25-17(11-5-20-29-8-11)27-13-6-24(7-13)18-22-14-1-2-28-15(14)16(23-18)21-12-3-19(4-12)9-26-10-19/h5,8,12-13H,1-4,6-7,9-10H2,(H,21,22,23). The Hall–Kier alpha value is -1.91. The predicted molar refractivity (Wildman–Crippen MR) is 110 cm³/mol. The number of nitrogens with zero attached hydrogens (tertiary/aromatic N) is 4. The molecular weight excluding hydrogens is 410 g/mol. The van der Waals surface area contributed by atoms with Gasteiger partial charge in [0.05, 0.1) is 48.7 Å². The molecule has 2 aromatic heterocycles. The maximum atomic E-state index is 12.1. The van der Waals surface area contributed by atoms with Gasteiger partial charge in [-0.2, -0.15) is 4.98 Å². The van der Waals surface area contributed by atoms with Crippen LogP contribution >= 0.6 is 23.3 Å². The zero-order chi connectivity index (χ0) is 19.4. The molecule has 6 rings (SSSR count). The molecule has 1 spiro atoms. The van der Waals surface area contributed by atoms with E-state index in [1.807, 2.05) is 11.8 Å². The van der Waals surface area contributed by atoms with Gasteiger partial charge < -0.3 is 19.7 Å². The van der Waals surface area contributed by atoms with Crippen molar-refractivity contribution in [2.24, 2.45) is 5.41 Å². The molecule has 29 heavy (non-hydrogen) atoms. The minimum Gasteiger partial charge on any atom is -0.455 e. The Morgan fingerprint density at radius 3 is 2.90 bits per heavy atom. The van der Waals surface area contributed by atoms with Crippen LogP contribution in [0.15, 0.2) is 16.5 Å². The van der Waals surface area contributed by atoms with Crippen LogP contribution in [0.5, 0.6) is 0 Å². The third kappa shape index (κ3) is 3.17. The topological polar surface area (TPSA) is 89.5 Å².